The van der Waals surface area contributed by atoms with E-state index < -0.39 is 0 Å². The summed E-state index contributed by atoms with van der Waals surface area (Å²) in [6, 6.07) is 6.69. The van der Waals surface area contributed by atoms with Crippen molar-refractivity contribution in [2.45, 2.75) is 44.2 Å². The molecule has 1 atom stereocenters. The van der Waals surface area contributed by atoms with Crippen molar-refractivity contribution >= 4 is 0 Å². The number of benzene rings is 1. The molecule has 2 aliphatic carbocycles. The largest absolute Gasteiger partial charge is 0.485 e. The Morgan fingerprint density at radius 2 is 2.24 bits per heavy atom. The Balaban J connectivity index is 1.48. The second kappa shape index (κ2) is 5.15. The number of rotatable bonds is 5. The zero-order valence-electron chi connectivity index (χ0n) is 12.1. The third-order valence-corrected chi connectivity index (χ3v) is 4.34. The zero-order chi connectivity index (χ0) is 14.2. The summed E-state index contributed by atoms with van der Waals surface area (Å²) in [5.41, 5.74) is 2.66. The van der Waals surface area contributed by atoms with Gasteiger partial charge in [-0.25, -0.2) is 0 Å². The molecule has 1 N–H and O–H groups in total. The number of nitrogens with one attached hydrogen (secondary N) is 1. The van der Waals surface area contributed by atoms with Crippen LogP contribution in [0.2, 0.25) is 0 Å². The van der Waals surface area contributed by atoms with Crippen LogP contribution in [0.3, 0.4) is 0 Å². The summed E-state index contributed by atoms with van der Waals surface area (Å²) in [6.45, 7) is 0.372. The third kappa shape index (κ3) is 2.42. The van der Waals surface area contributed by atoms with Crippen LogP contribution >= 0.6 is 0 Å². The molecule has 1 aromatic heterocycles. The third-order valence-electron chi connectivity index (χ3n) is 4.34. The maximum Gasteiger partial charge on any atom is 0.229 e. The summed E-state index contributed by atoms with van der Waals surface area (Å²) in [5, 5.41) is 7.34. The van der Waals surface area contributed by atoms with Gasteiger partial charge >= 0.3 is 0 Å². The first kappa shape index (κ1) is 12.8. The van der Waals surface area contributed by atoms with E-state index in [1.807, 2.05) is 13.1 Å². The fraction of sp³-hybridized carbons (Fsp3) is 0.500. The van der Waals surface area contributed by atoms with Crippen LogP contribution in [0.15, 0.2) is 22.7 Å². The highest BCUT2D eigenvalue weighted by Crippen LogP contribution is 2.39. The van der Waals surface area contributed by atoms with E-state index in [0.717, 1.165) is 24.5 Å². The summed E-state index contributed by atoms with van der Waals surface area (Å²) < 4.78 is 11.2. The first-order valence-electron chi connectivity index (χ1n) is 7.59. The molecule has 1 saturated carbocycles. The molecule has 2 aliphatic rings. The van der Waals surface area contributed by atoms with Crippen LogP contribution in [0.5, 0.6) is 5.75 Å². The van der Waals surface area contributed by atoms with Gasteiger partial charge in [0.05, 0.1) is 0 Å². The topological polar surface area (TPSA) is 60.2 Å². The summed E-state index contributed by atoms with van der Waals surface area (Å²) in [4.78, 5) is 4.40. The Kier molecular flexibility index (Phi) is 3.15. The van der Waals surface area contributed by atoms with Crippen molar-refractivity contribution in [1.82, 2.24) is 15.5 Å². The van der Waals surface area contributed by atoms with Crippen LogP contribution in [0.4, 0.5) is 0 Å². The molecule has 4 rings (SSSR count). The highest BCUT2D eigenvalue weighted by atomic mass is 16.5. The van der Waals surface area contributed by atoms with Gasteiger partial charge in [-0.15, -0.1) is 0 Å². The van der Waals surface area contributed by atoms with Crippen LogP contribution in [-0.2, 0) is 13.0 Å². The molecule has 1 heterocycles. The highest BCUT2D eigenvalue weighted by Gasteiger charge is 2.29. The maximum atomic E-state index is 5.93. The molecule has 5 nitrogen and oxygen atoms in total. The number of ether oxygens (including phenoxy) is 1. The molecule has 0 spiro atoms. The average molecular weight is 285 g/mol. The lowest BCUT2D eigenvalue weighted by Crippen LogP contribution is -2.12. The molecule has 5 heteroatoms. The molecule has 2 aromatic rings. The van der Waals surface area contributed by atoms with Crippen LogP contribution in [0, 0.1) is 0 Å². The van der Waals surface area contributed by atoms with E-state index in [1.54, 1.807) is 0 Å². The molecule has 0 saturated heterocycles. The predicted molar refractivity (Wildman–Crippen MR) is 77.2 cm³/mol. The molecule has 1 fully saturated rings. The molecule has 110 valence electrons. The second-order valence-corrected chi connectivity index (χ2v) is 5.82. The molecule has 0 bridgehead atoms. The molecular weight excluding hydrogens is 266 g/mol. The van der Waals surface area contributed by atoms with Gasteiger partial charge in [-0.3, -0.25) is 0 Å². The minimum atomic E-state index is 0.372. The number of aromatic nitrogens is 2. The SMILES string of the molecule is CNC1CCc2c(OCc3noc(C4CC4)n3)cccc21. The average Bonchev–Trinajstić information content (AvgIpc) is 3.11. The Morgan fingerprint density at radius 1 is 1.33 bits per heavy atom. The Labute approximate surface area is 123 Å². The maximum absolute atomic E-state index is 5.93. The lowest BCUT2D eigenvalue weighted by molar-refractivity contribution is 0.283. The van der Waals surface area contributed by atoms with E-state index in [4.69, 9.17) is 9.26 Å². The normalized spacial score (nSPS) is 20.5. The van der Waals surface area contributed by atoms with Crippen molar-refractivity contribution in [3.63, 3.8) is 0 Å². The van der Waals surface area contributed by atoms with E-state index in [9.17, 15) is 0 Å². The predicted octanol–water partition coefficient (Wildman–Crippen LogP) is 2.73. The molecule has 21 heavy (non-hydrogen) atoms. The highest BCUT2D eigenvalue weighted by molar-refractivity contribution is 5.45. The Bertz CT molecular complexity index is 649. The van der Waals surface area contributed by atoms with Crippen molar-refractivity contribution in [1.29, 1.82) is 0 Å². The van der Waals surface area contributed by atoms with Crippen molar-refractivity contribution in [2.24, 2.45) is 0 Å². The van der Waals surface area contributed by atoms with E-state index in [0.29, 0.717) is 24.4 Å². The van der Waals surface area contributed by atoms with Crippen LogP contribution in [-0.4, -0.2) is 17.2 Å². The van der Waals surface area contributed by atoms with E-state index in [-0.39, 0.29) is 0 Å². The fourth-order valence-corrected chi connectivity index (χ4v) is 3.02. The van der Waals surface area contributed by atoms with Gasteiger partial charge in [0.1, 0.15) is 5.75 Å². The fourth-order valence-electron chi connectivity index (χ4n) is 3.02. The lowest BCUT2D eigenvalue weighted by Gasteiger charge is -2.12. The van der Waals surface area contributed by atoms with Crippen LogP contribution < -0.4 is 10.1 Å². The van der Waals surface area contributed by atoms with Gasteiger partial charge in [-0.1, -0.05) is 17.3 Å². The van der Waals surface area contributed by atoms with Crippen LogP contribution in [0.25, 0.3) is 0 Å². The quantitative estimate of drug-likeness (QED) is 0.915. The molecule has 1 aromatic carbocycles. The van der Waals surface area contributed by atoms with Crippen molar-refractivity contribution < 1.29 is 9.26 Å². The Morgan fingerprint density at radius 3 is 3.05 bits per heavy atom. The molecule has 0 aliphatic heterocycles. The second-order valence-electron chi connectivity index (χ2n) is 5.82. The Hall–Kier alpha value is -1.88. The van der Waals surface area contributed by atoms with E-state index in [1.165, 1.54) is 24.0 Å². The monoisotopic (exact) mass is 285 g/mol. The molecule has 0 radical (unpaired) electrons. The van der Waals surface area contributed by atoms with Gasteiger partial charge < -0.3 is 14.6 Å². The minimum Gasteiger partial charge on any atom is -0.485 e. The van der Waals surface area contributed by atoms with E-state index >= 15 is 0 Å². The number of nitrogens with zero attached hydrogens (tertiary/aromatic N) is 2. The lowest BCUT2D eigenvalue weighted by atomic mass is 10.1. The minimum absolute atomic E-state index is 0.372. The number of hydrogen-bond donors (Lipinski definition) is 1. The summed E-state index contributed by atoms with van der Waals surface area (Å²) >= 11 is 0. The van der Waals surface area contributed by atoms with Gasteiger partial charge in [0, 0.05) is 12.0 Å². The van der Waals surface area contributed by atoms with Gasteiger partial charge in [0.2, 0.25) is 11.7 Å². The number of hydrogen-bond acceptors (Lipinski definition) is 5. The summed E-state index contributed by atoms with van der Waals surface area (Å²) in [6.07, 6.45) is 4.51. The van der Waals surface area contributed by atoms with Crippen molar-refractivity contribution in [3.05, 3.63) is 41.0 Å². The summed E-state index contributed by atoms with van der Waals surface area (Å²) in [5.74, 6) is 2.84. The van der Waals surface area contributed by atoms with E-state index in [2.05, 4.69) is 27.6 Å². The molecule has 1 unspecified atom stereocenters. The van der Waals surface area contributed by atoms with Gasteiger partial charge in [-0.2, -0.15) is 4.98 Å². The van der Waals surface area contributed by atoms with Gasteiger partial charge in [0.25, 0.3) is 0 Å². The van der Waals surface area contributed by atoms with Crippen LogP contribution in [0.1, 0.15) is 54.1 Å². The number of fused-ring (bicyclic) bond motifs is 1. The molecular formula is C16H19N3O2. The van der Waals surface area contributed by atoms with Crippen molar-refractivity contribution in [2.75, 3.05) is 7.05 Å². The smallest absolute Gasteiger partial charge is 0.229 e. The zero-order valence-corrected chi connectivity index (χ0v) is 12.1. The van der Waals surface area contributed by atoms with Gasteiger partial charge in [0.15, 0.2) is 6.61 Å². The van der Waals surface area contributed by atoms with Gasteiger partial charge in [-0.05, 0) is 49.9 Å². The van der Waals surface area contributed by atoms with Crippen molar-refractivity contribution in [3.8, 4) is 5.75 Å². The first-order chi connectivity index (χ1) is 10.3. The first-order valence-corrected chi connectivity index (χ1v) is 7.59. The standard InChI is InChI=1S/C16H19N3O2/c1-17-13-8-7-12-11(13)3-2-4-14(12)20-9-15-18-16(21-19-15)10-5-6-10/h2-4,10,13,17H,5-9H2,1H3. The molecule has 0 amide bonds. The summed E-state index contributed by atoms with van der Waals surface area (Å²) in [7, 11) is 2.01.